The van der Waals surface area contributed by atoms with Gasteiger partial charge in [-0.3, -0.25) is 9.36 Å². The topological polar surface area (TPSA) is 60.9 Å². The third-order valence-corrected chi connectivity index (χ3v) is 5.23. The number of aromatic nitrogens is 2. The van der Waals surface area contributed by atoms with Crippen molar-refractivity contribution in [2.45, 2.75) is 26.8 Å². The Morgan fingerprint density at radius 1 is 1.35 bits per heavy atom. The van der Waals surface area contributed by atoms with Gasteiger partial charge in [0.1, 0.15) is 15.6 Å². The van der Waals surface area contributed by atoms with Crippen molar-refractivity contribution in [3.05, 3.63) is 62.5 Å². The van der Waals surface area contributed by atoms with Crippen LogP contribution in [0.3, 0.4) is 0 Å². The maximum absolute atomic E-state index is 12.7. The molecule has 3 aromatic rings. The molecular weight excluding hydrogens is 326 g/mol. The number of rotatable bonds is 4. The standard InChI is InChI=1S/C17H17N3OS2/c1-3-13-8-14-16(23-13)19-10(2)20(17(14)21)9-11-4-6-12(7-5-11)15(18)22/h4-8H,3,9H2,1-2H3,(H2,18,22). The van der Waals surface area contributed by atoms with Gasteiger partial charge in [-0.05, 0) is 25.0 Å². The lowest BCUT2D eigenvalue weighted by Crippen LogP contribution is -2.23. The van der Waals surface area contributed by atoms with Crippen LogP contribution in [-0.2, 0) is 13.0 Å². The molecule has 0 spiro atoms. The highest BCUT2D eigenvalue weighted by Crippen LogP contribution is 2.22. The Balaban J connectivity index is 2.02. The predicted molar refractivity (Wildman–Crippen MR) is 99.4 cm³/mol. The molecule has 6 heteroatoms. The maximum Gasteiger partial charge on any atom is 0.262 e. The number of thiocarbonyl (C=S) groups is 1. The Hall–Kier alpha value is -2.05. The zero-order valence-corrected chi connectivity index (χ0v) is 14.6. The molecule has 4 nitrogen and oxygen atoms in total. The number of benzene rings is 1. The average molecular weight is 343 g/mol. The van der Waals surface area contributed by atoms with E-state index in [1.807, 2.05) is 37.3 Å². The van der Waals surface area contributed by atoms with E-state index in [2.05, 4.69) is 11.9 Å². The summed E-state index contributed by atoms with van der Waals surface area (Å²) >= 11 is 6.55. The molecule has 2 N–H and O–H groups in total. The van der Waals surface area contributed by atoms with Crippen LogP contribution in [0.2, 0.25) is 0 Å². The first kappa shape index (κ1) is 15.8. The van der Waals surface area contributed by atoms with Gasteiger partial charge in [-0.1, -0.05) is 43.4 Å². The van der Waals surface area contributed by atoms with Crippen molar-refractivity contribution in [1.29, 1.82) is 0 Å². The summed E-state index contributed by atoms with van der Waals surface area (Å²) < 4.78 is 1.71. The minimum Gasteiger partial charge on any atom is -0.389 e. The quantitative estimate of drug-likeness (QED) is 0.740. The fraction of sp³-hybridized carbons (Fsp3) is 0.235. The largest absolute Gasteiger partial charge is 0.389 e. The lowest BCUT2D eigenvalue weighted by molar-refractivity contribution is 0.714. The van der Waals surface area contributed by atoms with E-state index in [1.54, 1.807) is 15.9 Å². The van der Waals surface area contributed by atoms with Crippen molar-refractivity contribution >= 4 is 38.8 Å². The molecule has 2 heterocycles. The lowest BCUT2D eigenvalue weighted by Gasteiger charge is -2.10. The highest BCUT2D eigenvalue weighted by Gasteiger charge is 2.11. The van der Waals surface area contributed by atoms with Crippen molar-refractivity contribution in [3.63, 3.8) is 0 Å². The predicted octanol–water partition coefficient (Wildman–Crippen LogP) is 3.01. The van der Waals surface area contributed by atoms with E-state index in [0.717, 1.165) is 28.2 Å². The summed E-state index contributed by atoms with van der Waals surface area (Å²) in [6, 6.07) is 9.60. The zero-order chi connectivity index (χ0) is 16.6. The van der Waals surface area contributed by atoms with Gasteiger partial charge in [0.05, 0.1) is 11.9 Å². The van der Waals surface area contributed by atoms with Crippen LogP contribution in [0.25, 0.3) is 10.2 Å². The molecule has 0 saturated heterocycles. The number of hydrogen-bond donors (Lipinski definition) is 1. The maximum atomic E-state index is 12.7. The minimum atomic E-state index is 0.0156. The zero-order valence-electron chi connectivity index (χ0n) is 13.0. The molecule has 0 bridgehead atoms. The summed E-state index contributed by atoms with van der Waals surface area (Å²) in [6.07, 6.45) is 0.917. The second-order valence-electron chi connectivity index (χ2n) is 5.40. The number of thiophene rings is 1. The number of aryl methyl sites for hydroxylation is 2. The summed E-state index contributed by atoms with van der Waals surface area (Å²) in [5.41, 5.74) is 7.47. The van der Waals surface area contributed by atoms with Gasteiger partial charge in [0, 0.05) is 10.4 Å². The molecule has 0 aliphatic heterocycles. The van der Waals surface area contributed by atoms with E-state index >= 15 is 0 Å². The Kier molecular flexibility index (Phi) is 4.28. The molecular formula is C17H17N3OS2. The van der Waals surface area contributed by atoms with Crippen LogP contribution in [0.15, 0.2) is 35.1 Å². The highest BCUT2D eigenvalue weighted by molar-refractivity contribution is 7.80. The Bertz CT molecular complexity index is 939. The lowest BCUT2D eigenvalue weighted by atomic mass is 10.1. The van der Waals surface area contributed by atoms with Crippen LogP contribution in [-0.4, -0.2) is 14.5 Å². The van der Waals surface area contributed by atoms with Crippen molar-refractivity contribution < 1.29 is 0 Å². The van der Waals surface area contributed by atoms with E-state index in [-0.39, 0.29) is 5.56 Å². The molecule has 118 valence electrons. The molecule has 0 unspecified atom stereocenters. The summed E-state index contributed by atoms with van der Waals surface area (Å²) in [6.45, 7) is 4.44. The van der Waals surface area contributed by atoms with Crippen LogP contribution in [0.5, 0.6) is 0 Å². The SMILES string of the molecule is CCc1cc2c(=O)n(Cc3ccc(C(N)=S)cc3)c(C)nc2s1. The van der Waals surface area contributed by atoms with E-state index in [1.165, 1.54) is 4.88 Å². The summed E-state index contributed by atoms with van der Waals surface area (Å²) in [5.74, 6) is 0.727. The molecule has 0 amide bonds. The van der Waals surface area contributed by atoms with Crippen LogP contribution >= 0.6 is 23.6 Å². The first-order chi connectivity index (χ1) is 11.0. The molecule has 0 atom stereocenters. The summed E-state index contributed by atoms with van der Waals surface area (Å²) in [7, 11) is 0. The molecule has 2 aromatic heterocycles. The van der Waals surface area contributed by atoms with Gasteiger partial charge in [-0.15, -0.1) is 11.3 Å². The van der Waals surface area contributed by atoms with E-state index < -0.39 is 0 Å². The average Bonchev–Trinajstić information content (AvgIpc) is 2.95. The van der Waals surface area contributed by atoms with E-state index in [4.69, 9.17) is 18.0 Å². The van der Waals surface area contributed by atoms with Gasteiger partial charge < -0.3 is 5.73 Å². The molecule has 0 fully saturated rings. The van der Waals surface area contributed by atoms with E-state index in [9.17, 15) is 4.79 Å². The van der Waals surface area contributed by atoms with Gasteiger partial charge in [0.15, 0.2) is 0 Å². The second kappa shape index (κ2) is 6.22. The highest BCUT2D eigenvalue weighted by atomic mass is 32.1. The Morgan fingerprint density at radius 2 is 2.04 bits per heavy atom. The molecule has 0 aliphatic carbocycles. The fourth-order valence-electron chi connectivity index (χ4n) is 2.48. The molecule has 0 saturated carbocycles. The monoisotopic (exact) mass is 343 g/mol. The normalized spacial score (nSPS) is 11.0. The molecule has 23 heavy (non-hydrogen) atoms. The van der Waals surface area contributed by atoms with E-state index in [0.29, 0.717) is 16.9 Å². The van der Waals surface area contributed by atoms with Crippen LogP contribution in [0, 0.1) is 6.92 Å². The number of nitrogens with two attached hydrogens (primary N) is 1. The minimum absolute atomic E-state index is 0.0156. The van der Waals surface area contributed by atoms with Gasteiger partial charge >= 0.3 is 0 Å². The molecule has 3 rings (SSSR count). The first-order valence-corrected chi connectivity index (χ1v) is 8.60. The molecule has 0 radical (unpaired) electrons. The van der Waals surface area contributed by atoms with Gasteiger partial charge in [-0.2, -0.15) is 0 Å². The van der Waals surface area contributed by atoms with Crippen molar-refractivity contribution in [1.82, 2.24) is 9.55 Å². The van der Waals surface area contributed by atoms with Gasteiger partial charge in [0.25, 0.3) is 5.56 Å². The van der Waals surface area contributed by atoms with Crippen molar-refractivity contribution in [2.75, 3.05) is 0 Å². The molecule has 1 aromatic carbocycles. The van der Waals surface area contributed by atoms with Crippen LogP contribution < -0.4 is 11.3 Å². The third-order valence-electron chi connectivity index (χ3n) is 3.82. The molecule has 0 aliphatic rings. The number of fused-ring (bicyclic) bond motifs is 1. The van der Waals surface area contributed by atoms with Gasteiger partial charge in [0.2, 0.25) is 0 Å². The Morgan fingerprint density at radius 3 is 2.65 bits per heavy atom. The van der Waals surface area contributed by atoms with Crippen LogP contribution in [0.4, 0.5) is 0 Å². The second-order valence-corrected chi connectivity index (χ2v) is 6.95. The van der Waals surface area contributed by atoms with Crippen LogP contribution in [0.1, 0.15) is 28.8 Å². The third kappa shape index (κ3) is 3.04. The number of hydrogen-bond acceptors (Lipinski definition) is 4. The smallest absolute Gasteiger partial charge is 0.262 e. The van der Waals surface area contributed by atoms with Crippen molar-refractivity contribution in [3.8, 4) is 0 Å². The summed E-state index contributed by atoms with van der Waals surface area (Å²) in [5, 5.41) is 0.706. The van der Waals surface area contributed by atoms with Gasteiger partial charge in [-0.25, -0.2) is 4.98 Å². The number of nitrogens with zero attached hydrogens (tertiary/aromatic N) is 2. The summed E-state index contributed by atoms with van der Waals surface area (Å²) in [4.78, 5) is 19.7. The first-order valence-electron chi connectivity index (χ1n) is 7.38. The van der Waals surface area contributed by atoms with Crippen molar-refractivity contribution in [2.24, 2.45) is 5.73 Å². The Labute approximate surface area is 143 Å². The fourth-order valence-corrected chi connectivity index (χ4v) is 3.62.